The molecule has 2 atom stereocenters. The van der Waals surface area contributed by atoms with Crippen LogP contribution in [0.4, 0.5) is 0 Å². The fourth-order valence-corrected chi connectivity index (χ4v) is 0.628. The molecule has 0 aromatic rings. The Balaban J connectivity index is 3.52. The van der Waals surface area contributed by atoms with Crippen molar-refractivity contribution >= 4 is 18.5 Å². The smallest absolute Gasteiger partial charge is 0.237 e. The van der Waals surface area contributed by atoms with Crippen LogP contribution in [0.3, 0.4) is 0 Å². The quantitative estimate of drug-likeness (QED) is 0.406. The molecule has 66 valence electrons. The van der Waals surface area contributed by atoms with Gasteiger partial charge in [0, 0.05) is 12.3 Å². The first-order chi connectivity index (χ1) is 5.07. The topological polar surface area (TPSA) is 75.3 Å². The van der Waals surface area contributed by atoms with Crippen LogP contribution in [-0.4, -0.2) is 35.5 Å². The van der Waals surface area contributed by atoms with Gasteiger partial charge < -0.3 is 16.2 Å². The molecule has 4 N–H and O–H groups in total. The van der Waals surface area contributed by atoms with E-state index in [0.717, 1.165) is 0 Å². The highest BCUT2D eigenvalue weighted by molar-refractivity contribution is 7.80. The van der Waals surface area contributed by atoms with E-state index in [9.17, 15) is 4.79 Å². The van der Waals surface area contributed by atoms with Gasteiger partial charge in [0.2, 0.25) is 5.91 Å². The van der Waals surface area contributed by atoms with E-state index in [2.05, 4.69) is 17.9 Å². The molecule has 0 rings (SSSR count). The summed E-state index contributed by atoms with van der Waals surface area (Å²) in [7, 11) is 0. The van der Waals surface area contributed by atoms with E-state index in [0.29, 0.717) is 5.75 Å². The Bertz CT molecular complexity index is 130. The van der Waals surface area contributed by atoms with Gasteiger partial charge in [-0.15, -0.1) is 0 Å². The first-order valence-electron chi connectivity index (χ1n) is 3.40. The Kier molecular flexibility index (Phi) is 5.27. The van der Waals surface area contributed by atoms with Crippen LogP contribution in [0.1, 0.15) is 6.92 Å². The van der Waals surface area contributed by atoms with Gasteiger partial charge in [-0.25, -0.2) is 0 Å². The zero-order chi connectivity index (χ0) is 8.85. The zero-order valence-electron chi connectivity index (χ0n) is 6.45. The molecule has 0 aliphatic carbocycles. The number of carbonyl (C=O) groups excluding carboxylic acids is 1. The Morgan fingerprint density at radius 3 is 2.73 bits per heavy atom. The molecule has 0 heterocycles. The minimum Gasteiger partial charge on any atom is -0.392 e. The van der Waals surface area contributed by atoms with Crippen LogP contribution in [0.25, 0.3) is 0 Å². The van der Waals surface area contributed by atoms with Crippen molar-refractivity contribution in [2.24, 2.45) is 5.73 Å². The molecular formula is C6H14N2O2S. The number of thiol groups is 1. The maximum absolute atomic E-state index is 10.9. The summed E-state index contributed by atoms with van der Waals surface area (Å²) in [6, 6.07) is -0.586. The number of amides is 1. The highest BCUT2D eigenvalue weighted by Crippen LogP contribution is 1.83. The van der Waals surface area contributed by atoms with Gasteiger partial charge in [0.05, 0.1) is 12.1 Å². The molecule has 0 spiro atoms. The van der Waals surface area contributed by atoms with Crippen LogP contribution < -0.4 is 11.1 Å². The number of aliphatic hydroxyl groups is 1. The van der Waals surface area contributed by atoms with Crippen molar-refractivity contribution in [2.75, 3.05) is 12.3 Å². The van der Waals surface area contributed by atoms with Gasteiger partial charge in [0.25, 0.3) is 0 Å². The number of rotatable bonds is 4. The molecule has 0 saturated carbocycles. The maximum Gasteiger partial charge on any atom is 0.237 e. The Morgan fingerprint density at radius 1 is 1.82 bits per heavy atom. The molecule has 11 heavy (non-hydrogen) atoms. The lowest BCUT2D eigenvalue weighted by Crippen LogP contribution is -2.44. The summed E-state index contributed by atoms with van der Waals surface area (Å²) in [6.07, 6.45) is -0.536. The molecule has 0 saturated heterocycles. The van der Waals surface area contributed by atoms with Crippen molar-refractivity contribution in [2.45, 2.75) is 19.1 Å². The molecule has 0 aromatic carbocycles. The van der Waals surface area contributed by atoms with Crippen molar-refractivity contribution in [3.8, 4) is 0 Å². The highest BCUT2D eigenvalue weighted by Gasteiger charge is 2.10. The van der Waals surface area contributed by atoms with Crippen molar-refractivity contribution in [3.05, 3.63) is 0 Å². The molecule has 4 nitrogen and oxygen atoms in total. The maximum atomic E-state index is 10.9. The number of hydrogen-bond acceptors (Lipinski definition) is 4. The molecule has 0 fully saturated rings. The summed E-state index contributed by atoms with van der Waals surface area (Å²) >= 11 is 3.85. The van der Waals surface area contributed by atoms with Crippen molar-refractivity contribution in [1.29, 1.82) is 0 Å². The number of nitrogens with one attached hydrogen (secondary N) is 1. The molecule has 1 amide bonds. The number of hydrogen-bond donors (Lipinski definition) is 4. The third-order valence-corrected chi connectivity index (χ3v) is 1.50. The largest absolute Gasteiger partial charge is 0.392 e. The van der Waals surface area contributed by atoms with Crippen molar-refractivity contribution in [1.82, 2.24) is 5.32 Å². The predicted octanol–water partition coefficient (Wildman–Crippen LogP) is -1.26. The third kappa shape index (κ3) is 5.06. The SMILES string of the molecule is CC(O)CNC(=O)[C@@H](N)CS. The van der Waals surface area contributed by atoms with Crippen LogP contribution in [0.2, 0.25) is 0 Å². The molecule has 0 bridgehead atoms. The lowest BCUT2D eigenvalue weighted by molar-refractivity contribution is -0.122. The fourth-order valence-electron chi connectivity index (χ4n) is 0.462. The van der Waals surface area contributed by atoms with E-state index in [1.807, 2.05) is 0 Å². The van der Waals surface area contributed by atoms with E-state index in [1.54, 1.807) is 6.92 Å². The van der Waals surface area contributed by atoms with Crippen molar-refractivity contribution in [3.63, 3.8) is 0 Å². The van der Waals surface area contributed by atoms with Crippen LogP contribution >= 0.6 is 12.6 Å². The minimum atomic E-state index is -0.586. The lowest BCUT2D eigenvalue weighted by Gasteiger charge is -2.10. The fraction of sp³-hybridized carbons (Fsp3) is 0.833. The average Bonchev–Trinajstić information content (AvgIpc) is 1.98. The lowest BCUT2D eigenvalue weighted by atomic mass is 10.3. The van der Waals surface area contributed by atoms with Gasteiger partial charge in [-0.2, -0.15) is 12.6 Å². The monoisotopic (exact) mass is 178 g/mol. The molecule has 0 aromatic heterocycles. The predicted molar refractivity (Wildman–Crippen MR) is 46.5 cm³/mol. The molecule has 0 aliphatic rings. The Labute approximate surface area is 71.6 Å². The van der Waals surface area contributed by atoms with E-state index in [1.165, 1.54) is 0 Å². The van der Waals surface area contributed by atoms with E-state index in [4.69, 9.17) is 10.8 Å². The normalized spacial score (nSPS) is 15.6. The second-order valence-corrected chi connectivity index (χ2v) is 2.75. The van der Waals surface area contributed by atoms with Gasteiger partial charge in [-0.3, -0.25) is 4.79 Å². The van der Waals surface area contributed by atoms with Gasteiger partial charge in [-0.05, 0) is 6.92 Å². The van der Waals surface area contributed by atoms with Crippen LogP contribution in [0.15, 0.2) is 0 Å². The number of nitrogens with two attached hydrogens (primary N) is 1. The van der Waals surface area contributed by atoms with Gasteiger partial charge in [0.15, 0.2) is 0 Å². The molecular weight excluding hydrogens is 164 g/mol. The van der Waals surface area contributed by atoms with Gasteiger partial charge in [0.1, 0.15) is 0 Å². The summed E-state index contributed by atoms with van der Waals surface area (Å²) in [4.78, 5) is 10.9. The molecule has 5 heteroatoms. The Hall–Kier alpha value is -0.260. The highest BCUT2D eigenvalue weighted by atomic mass is 32.1. The molecule has 1 unspecified atom stereocenters. The van der Waals surface area contributed by atoms with Gasteiger partial charge in [-0.1, -0.05) is 0 Å². The third-order valence-electron chi connectivity index (χ3n) is 1.11. The van der Waals surface area contributed by atoms with Gasteiger partial charge >= 0.3 is 0 Å². The Morgan fingerprint density at radius 2 is 2.36 bits per heavy atom. The summed E-state index contributed by atoms with van der Waals surface area (Å²) in [6.45, 7) is 1.83. The van der Waals surface area contributed by atoms with Crippen LogP contribution in [0.5, 0.6) is 0 Å². The summed E-state index contributed by atoms with van der Waals surface area (Å²) in [5.41, 5.74) is 5.33. The summed E-state index contributed by atoms with van der Waals surface area (Å²) in [5, 5.41) is 11.3. The summed E-state index contributed by atoms with van der Waals surface area (Å²) < 4.78 is 0. The second kappa shape index (κ2) is 5.40. The average molecular weight is 178 g/mol. The van der Waals surface area contributed by atoms with Crippen LogP contribution in [0, 0.1) is 0 Å². The van der Waals surface area contributed by atoms with E-state index >= 15 is 0 Å². The zero-order valence-corrected chi connectivity index (χ0v) is 7.34. The molecule has 0 aliphatic heterocycles. The van der Waals surface area contributed by atoms with E-state index in [-0.39, 0.29) is 12.5 Å². The first kappa shape index (κ1) is 10.7. The summed E-state index contributed by atoms with van der Waals surface area (Å²) in [5.74, 6) is 0.0342. The van der Waals surface area contributed by atoms with Crippen molar-refractivity contribution < 1.29 is 9.90 Å². The minimum absolute atomic E-state index is 0.236. The molecule has 0 radical (unpaired) electrons. The number of aliphatic hydroxyl groups excluding tert-OH is 1. The van der Waals surface area contributed by atoms with Crippen LogP contribution in [-0.2, 0) is 4.79 Å². The number of carbonyl (C=O) groups is 1. The standard InChI is InChI=1S/C6H14N2O2S/c1-4(9)2-8-6(10)5(7)3-11/h4-5,9,11H,2-3,7H2,1H3,(H,8,10)/t4?,5-/m0/s1. The second-order valence-electron chi connectivity index (χ2n) is 2.38. The van der Waals surface area contributed by atoms with E-state index < -0.39 is 12.1 Å². The first-order valence-corrected chi connectivity index (χ1v) is 4.03.